The molecule has 1 fully saturated rings. The summed E-state index contributed by atoms with van der Waals surface area (Å²) in [4.78, 5) is 27.0. The summed E-state index contributed by atoms with van der Waals surface area (Å²) in [7, 11) is 3.12. The van der Waals surface area contributed by atoms with Crippen LogP contribution in [0.5, 0.6) is 17.2 Å². The molecule has 0 saturated carbocycles. The van der Waals surface area contributed by atoms with Crippen molar-refractivity contribution in [3.8, 4) is 17.2 Å². The lowest BCUT2D eigenvalue weighted by atomic mass is 10.1. The molecule has 1 aliphatic heterocycles. The molecule has 1 aliphatic rings. The van der Waals surface area contributed by atoms with Crippen LogP contribution < -0.4 is 25.5 Å². The van der Waals surface area contributed by atoms with Crippen LogP contribution in [0.2, 0.25) is 0 Å². The monoisotopic (exact) mass is 440 g/mol. The molecule has 8 nitrogen and oxygen atoms in total. The predicted molar refractivity (Wildman–Crippen MR) is 121 cm³/mol. The zero-order valence-electron chi connectivity index (χ0n) is 18.6. The van der Waals surface area contributed by atoms with E-state index in [1.807, 2.05) is 13.0 Å². The number of benzene rings is 2. The van der Waals surface area contributed by atoms with E-state index >= 15 is 0 Å². The molecule has 0 spiro atoms. The van der Waals surface area contributed by atoms with Gasteiger partial charge in [-0.25, -0.2) is 4.79 Å². The molecule has 1 saturated heterocycles. The zero-order chi connectivity index (χ0) is 22.7. The Kier molecular flexibility index (Phi) is 6.50. The van der Waals surface area contributed by atoms with Gasteiger partial charge in [-0.2, -0.15) is 0 Å². The molecule has 0 unspecified atom stereocenters. The highest BCUT2D eigenvalue weighted by Gasteiger charge is 2.23. The summed E-state index contributed by atoms with van der Waals surface area (Å²) in [5.41, 5.74) is 0.720. The highest BCUT2D eigenvalue weighted by Crippen LogP contribution is 2.28. The first-order valence-corrected chi connectivity index (χ1v) is 10.8. The normalized spacial score (nSPS) is 14.5. The lowest BCUT2D eigenvalue weighted by Gasteiger charge is -2.26. The van der Waals surface area contributed by atoms with Crippen LogP contribution in [-0.4, -0.2) is 43.2 Å². The zero-order valence-corrected chi connectivity index (χ0v) is 18.6. The molecule has 1 aromatic heterocycles. The van der Waals surface area contributed by atoms with Crippen LogP contribution >= 0.6 is 0 Å². The van der Waals surface area contributed by atoms with Crippen molar-refractivity contribution in [2.24, 2.45) is 0 Å². The highest BCUT2D eigenvalue weighted by molar-refractivity contribution is 5.80. The van der Waals surface area contributed by atoms with Gasteiger partial charge in [-0.3, -0.25) is 13.9 Å². The molecular weight excluding hydrogens is 412 g/mol. The molecule has 8 heteroatoms. The Morgan fingerprint density at radius 2 is 1.75 bits per heavy atom. The second kappa shape index (κ2) is 9.48. The van der Waals surface area contributed by atoms with E-state index in [1.165, 1.54) is 4.57 Å². The fraction of sp³-hybridized carbons (Fsp3) is 0.417. The first-order chi connectivity index (χ1) is 15.6. The molecule has 0 aliphatic carbocycles. The van der Waals surface area contributed by atoms with Gasteiger partial charge in [-0.1, -0.05) is 6.07 Å². The molecule has 0 atom stereocenters. The number of rotatable bonds is 7. The summed E-state index contributed by atoms with van der Waals surface area (Å²) in [6, 6.07) is 10.7. The van der Waals surface area contributed by atoms with Crippen LogP contribution in [0.4, 0.5) is 0 Å². The van der Waals surface area contributed by atoms with E-state index in [1.54, 1.807) is 49.1 Å². The van der Waals surface area contributed by atoms with Gasteiger partial charge in [0.2, 0.25) is 0 Å². The number of fused-ring (bicyclic) bond motifs is 1. The fourth-order valence-corrected chi connectivity index (χ4v) is 4.22. The Bertz CT molecular complexity index is 1220. The second-order valence-electron chi connectivity index (χ2n) is 7.69. The molecule has 2 aromatic carbocycles. The Balaban J connectivity index is 1.89. The van der Waals surface area contributed by atoms with Crippen molar-refractivity contribution in [3.63, 3.8) is 0 Å². The maximum Gasteiger partial charge on any atom is 0.332 e. The van der Waals surface area contributed by atoms with Crippen molar-refractivity contribution < 1.29 is 18.9 Å². The van der Waals surface area contributed by atoms with E-state index in [0.717, 1.165) is 18.4 Å². The van der Waals surface area contributed by atoms with E-state index in [4.69, 9.17) is 18.9 Å². The SMILES string of the molecule is CCOc1ccc2c(c1)c(=O)n(Cc1ccc(OC)c(OC)c1)c(=O)n2C1CCOCC1. The van der Waals surface area contributed by atoms with E-state index in [0.29, 0.717) is 48.0 Å². The number of ether oxygens (including phenoxy) is 4. The summed E-state index contributed by atoms with van der Waals surface area (Å²) in [6.45, 7) is 3.68. The van der Waals surface area contributed by atoms with Gasteiger partial charge in [-0.15, -0.1) is 0 Å². The summed E-state index contributed by atoms with van der Waals surface area (Å²) in [6.07, 6.45) is 1.44. The maximum absolute atomic E-state index is 13.6. The van der Waals surface area contributed by atoms with Gasteiger partial charge >= 0.3 is 5.69 Å². The Morgan fingerprint density at radius 3 is 2.44 bits per heavy atom. The number of nitrogens with zero attached hydrogens (tertiary/aromatic N) is 2. The average Bonchev–Trinajstić information content (AvgIpc) is 2.83. The van der Waals surface area contributed by atoms with Crippen molar-refractivity contribution in [1.82, 2.24) is 9.13 Å². The lowest BCUT2D eigenvalue weighted by Crippen LogP contribution is -2.42. The molecule has 4 rings (SSSR count). The van der Waals surface area contributed by atoms with Crippen molar-refractivity contribution in [1.29, 1.82) is 0 Å². The summed E-state index contributed by atoms with van der Waals surface area (Å²) in [5.74, 6) is 1.73. The van der Waals surface area contributed by atoms with Gasteiger partial charge in [0.1, 0.15) is 5.75 Å². The highest BCUT2D eigenvalue weighted by atomic mass is 16.5. The van der Waals surface area contributed by atoms with Crippen molar-refractivity contribution >= 4 is 10.9 Å². The molecular formula is C24H28N2O6. The smallest absolute Gasteiger partial charge is 0.332 e. The molecule has 0 radical (unpaired) electrons. The van der Waals surface area contributed by atoms with Gasteiger partial charge in [-0.05, 0) is 55.7 Å². The van der Waals surface area contributed by atoms with Crippen LogP contribution in [0.3, 0.4) is 0 Å². The summed E-state index contributed by atoms with van der Waals surface area (Å²) >= 11 is 0. The minimum absolute atomic E-state index is 0.0334. The minimum Gasteiger partial charge on any atom is -0.494 e. The Morgan fingerprint density at radius 1 is 1.00 bits per heavy atom. The number of methoxy groups -OCH3 is 2. The molecule has 2 heterocycles. The predicted octanol–water partition coefficient (Wildman–Crippen LogP) is 2.98. The maximum atomic E-state index is 13.6. The van der Waals surface area contributed by atoms with Gasteiger partial charge in [0.05, 0.1) is 38.3 Å². The van der Waals surface area contributed by atoms with Crippen molar-refractivity contribution in [3.05, 3.63) is 62.8 Å². The van der Waals surface area contributed by atoms with Crippen LogP contribution in [-0.2, 0) is 11.3 Å². The summed E-state index contributed by atoms with van der Waals surface area (Å²) < 4.78 is 24.8. The van der Waals surface area contributed by atoms with Crippen molar-refractivity contribution in [2.75, 3.05) is 34.0 Å². The van der Waals surface area contributed by atoms with Gasteiger partial charge in [0.15, 0.2) is 11.5 Å². The molecule has 3 aromatic rings. The van der Waals surface area contributed by atoms with Crippen LogP contribution in [0.1, 0.15) is 31.4 Å². The standard InChI is InChI=1S/C24H28N2O6/c1-4-32-18-6-7-20-19(14-18)23(27)25(24(28)26(20)17-9-11-31-12-10-17)15-16-5-8-21(29-2)22(13-16)30-3/h5-8,13-14,17H,4,9-12,15H2,1-3H3. The largest absolute Gasteiger partial charge is 0.494 e. The third-order valence-electron chi connectivity index (χ3n) is 5.80. The molecule has 0 N–H and O–H groups in total. The topological polar surface area (TPSA) is 80.9 Å². The Labute approximate surface area is 185 Å². The van der Waals surface area contributed by atoms with E-state index < -0.39 is 0 Å². The minimum atomic E-state index is -0.343. The average molecular weight is 440 g/mol. The quantitative estimate of drug-likeness (QED) is 0.562. The van der Waals surface area contributed by atoms with E-state index in [2.05, 4.69) is 0 Å². The van der Waals surface area contributed by atoms with Crippen molar-refractivity contribution in [2.45, 2.75) is 32.4 Å². The third-order valence-corrected chi connectivity index (χ3v) is 5.80. The summed E-state index contributed by atoms with van der Waals surface area (Å²) in [5, 5.41) is 0.461. The molecule has 32 heavy (non-hydrogen) atoms. The van der Waals surface area contributed by atoms with Crippen LogP contribution in [0.15, 0.2) is 46.0 Å². The number of hydrogen-bond acceptors (Lipinski definition) is 6. The van der Waals surface area contributed by atoms with E-state index in [9.17, 15) is 9.59 Å². The van der Waals surface area contributed by atoms with Gasteiger partial charge < -0.3 is 18.9 Å². The number of aromatic nitrogens is 2. The van der Waals surface area contributed by atoms with Gasteiger partial charge in [0.25, 0.3) is 5.56 Å². The number of hydrogen-bond donors (Lipinski definition) is 0. The Hall–Kier alpha value is -3.26. The molecule has 0 bridgehead atoms. The molecule has 0 amide bonds. The second-order valence-corrected chi connectivity index (χ2v) is 7.69. The third kappa shape index (κ3) is 4.10. The van der Waals surface area contributed by atoms with Crippen LogP contribution in [0.25, 0.3) is 10.9 Å². The first kappa shape index (κ1) is 22.0. The molecule has 170 valence electrons. The van der Waals surface area contributed by atoms with Gasteiger partial charge in [0, 0.05) is 19.3 Å². The fourth-order valence-electron chi connectivity index (χ4n) is 4.22. The van der Waals surface area contributed by atoms with Crippen LogP contribution in [0, 0.1) is 0 Å². The van der Waals surface area contributed by atoms with E-state index in [-0.39, 0.29) is 23.8 Å². The lowest BCUT2D eigenvalue weighted by molar-refractivity contribution is 0.0691. The first-order valence-electron chi connectivity index (χ1n) is 10.8.